The maximum atomic E-state index is 11.1. The summed E-state index contributed by atoms with van der Waals surface area (Å²) in [6, 6.07) is 12.9. The molecule has 0 saturated heterocycles. The van der Waals surface area contributed by atoms with Crippen molar-refractivity contribution in [2.24, 2.45) is 7.05 Å². The highest BCUT2D eigenvalue weighted by Crippen LogP contribution is 2.49. The number of pyridine rings is 1. The summed E-state index contributed by atoms with van der Waals surface area (Å²) in [5.41, 5.74) is 7.05. The van der Waals surface area contributed by atoms with Crippen molar-refractivity contribution in [1.82, 2.24) is 0 Å². The molecule has 34 heavy (non-hydrogen) atoms. The molecule has 5 rings (SSSR count). The van der Waals surface area contributed by atoms with Gasteiger partial charge in [-0.15, -0.1) is 0 Å². The summed E-state index contributed by atoms with van der Waals surface area (Å²) < 4.78 is 14.0. The largest absolute Gasteiger partial charge is 0.497 e. The molecule has 0 fully saturated rings. The van der Waals surface area contributed by atoms with E-state index in [9.17, 15) is 4.79 Å². The first-order valence-electron chi connectivity index (χ1n) is 12.0. The number of nitrogens with zero attached hydrogens (tertiary/aromatic N) is 2. The Morgan fingerprint density at radius 1 is 1.26 bits per heavy atom. The van der Waals surface area contributed by atoms with Crippen LogP contribution in [-0.4, -0.2) is 30.3 Å². The maximum Gasteiger partial charge on any atom is 0.303 e. The Kier molecular flexibility index (Phi) is 5.42. The number of carboxylic acids is 1. The minimum absolute atomic E-state index is 0.0499. The molecule has 1 N–H and O–H groups in total. The smallest absolute Gasteiger partial charge is 0.303 e. The number of hydrogen-bond acceptors (Lipinski definition) is 4. The Labute approximate surface area is 200 Å². The number of aromatic nitrogens is 1. The second-order valence-corrected chi connectivity index (χ2v) is 10.3. The zero-order valence-corrected chi connectivity index (χ0v) is 20.6. The van der Waals surface area contributed by atoms with Crippen LogP contribution in [0.5, 0.6) is 11.5 Å². The summed E-state index contributed by atoms with van der Waals surface area (Å²) >= 11 is 0. The quantitative estimate of drug-likeness (QED) is 0.530. The van der Waals surface area contributed by atoms with Gasteiger partial charge in [-0.1, -0.05) is 6.92 Å². The van der Waals surface area contributed by atoms with Crippen LogP contribution in [0, 0.1) is 0 Å². The highest BCUT2D eigenvalue weighted by molar-refractivity contribution is 5.84. The lowest BCUT2D eigenvalue weighted by Crippen LogP contribution is -2.49. The van der Waals surface area contributed by atoms with Gasteiger partial charge in [0, 0.05) is 36.3 Å². The van der Waals surface area contributed by atoms with E-state index in [1.807, 2.05) is 6.07 Å². The molecule has 0 saturated carbocycles. The minimum atomic E-state index is -0.744. The lowest BCUT2D eigenvalue weighted by atomic mass is 9.78. The van der Waals surface area contributed by atoms with Gasteiger partial charge in [-0.25, -0.2) is 0 Å². The molecule has 3 heterocycles. The van der Waals surface area contributed by atoms with E-state index < -0.39 is 5.97 Å². The van der Waals surface area contributed by atoms with Crippen molar-refractivity contribution in [3.63, 3.8) is 0 Å². The first kappa shape index (κ1) is 22.5. The van der Waals surface area contributed by atoms with E-state index in [1.165, 1.54) is 16.9 Å². The van der Waals surface area contributed by atoms with Crippen LogP contribution in [0.1, 0.15) is 57.1 Å². The van der Waals surface area contributed by atoms with E-state index in [2.05, 4.69) is 67.6 Å². The van der Waals surface area contributed by atoms with Crippen LogP contribution >= 0.6 is 0 Å². The standard InChI is InChI=1S/C28H32N2O4/c1-17-15-28(2,3)30(10-6-7-26(31)32)24-14-25-22(13-21(17)24)27-19(16-34-25)11-18-12-20(33-5)8-9-23(18)29(27)4/h8-9,11-14,17H,6-7,10,15-16H2,1-5H3/p+1. The third-order valence-corrected chi connectivity index (χ3v) is 7.46. The second kappa shape index (κ2) is 8.19. The van der Waals surface area contributed by atoms with E-state index in [0.717, 1.165) is 39.9 Å². The van der Waals surface area contributed by atoms with Crippen LogP contribution in [-0.2, 0) is 18.4 Å². The molecule has 6 heteroatoms. The Morgan fingerprint density at radius 2 is 2.06 bits per heavy atom. The Morgan fingerprint density at radius 3 is 2.79 bits per heavy atom. The van der Waals surface area contributed by atoms with Gasteiger partial charge in [-0.05, 0) is 62.4 Å². The number of fused-ring (bicyclic) bond motifs is 5. The molecule has 2 aliphatic rings. The third kappa shape index (κ3) is 3.65. The number of aryl methyl sites for hydroxylation is 1. The number of hydrogen-bond donors (Lipinski definition) is 1. The number of aliphatic carboxylic acids is 1. The molecule has 1 unspecified atom stereocenters. The highest BCUT2D eigenvalue weighted by Gasteiger charge is 2.38. The number of methoxy groups -OCH3 is 1. The SMILES string of the molecule is COc1ccc2c(c1)cc1c([n+]2C)-c2cc3c(cc2OC1)N(CCCC(=O)O)C(C)(C)CC3C. The summed E-state index contributed by atoms with van der Waals surface area (Å²) in [6.07, 6.45) is 1.82. The molecule has 6 nitrogen and oxygen atoms in total. The summed E-state index contributed by atoms with van der Waals surface area (Å²) in [6.45, 7) is 8.03. The molecule has 0 spiro atoms. The number of anilines is 1. The first-order chi connectivity index (χ1) is 16.2. The van der Waals surface area contributed by atoms with Crippen LogP contribution in [0.4, 0.5) is 5.69 Å². The maximum absolute atomic E-state index is 11.1. The van der Waals surface area contributed by atoms with Crippen LogP contribution < -0.4 is 18.9 Å². The molecule has 2 aliphatic heterocycles. The normalized spacial score (nSPS) is 18.0. The van der Waals surface area contributed by atoms with E-state index >= 15 is 0 Å². The number of benzene rings is 2. The van der Waals surface area contributed by atoms with E-state index in [0.29, 0.717) is 25.5 Å². The van der Waals surface area contributed by atoms with Crippen molar-refractivity contribution in [2.75, 3.05) is 18.6 Å². The van der Waals surface area contributed by atoms with Crippen molar-refractivity contribution in [3.05, 3.63) is 47.5 Å². The Hall–Kier alpha value is -3.28. The van der Waals surface area contributed by atoms with Gasteiger partial charge in [-0.3, -0.25) is 4.79 Å². The van der Waals surface area contributed by atoms with Crippen LogP contribution in [0.15, 0.2) is 36.4 Å². The van der Waals surface area contributed by atoms with E-state index in [4.69, 9.17) is 14.6 Å². The van der Waals surface area contributed by atoms with Gasteiger partial charge in [0.25, 0.3) is 0 Å². The Balaban J connectivity index is 1.63. The van der Waals surface area contributed by atoms with Crippen LogP contribution in [0.25, 0.3) is 22.2 Å². The number of carbonyl (C=O) groups is 1. The third-order valence-electron chi connectivity index (χ3n) is 7.46. The molecular formula is C28H33N2O4+. The number of rotatable bonds is 5. The van der Waals surface area contributed by atoms with Gasteiger partial charge < -0.3 is 19.5 Å². The van der Waals surface area contributed by atoms with Gasteiger partial charge in [0.1, 0.15) is 25.2 Å². The molecule has 1 atom stereocenters. The molecule has 1 aromatic heterocycles. The number of ether oxygens (including phenoxy) is 2. The topological polar surface area (TPSA) is 62.9 Å². The van der Waals surface area contributed by atoms with Crippen molar-refractivity contribution < 1.29 is 23.9 Å². The minimum Gasteiger partial charge on any atom is -0.497 e. The monoisotopic (exact) mass is 461 g/mol. The van der Waals surface area contributed by atoms with Gasteiger partial charge >= 0.3 is 5.97 Å². The highest BCUT2D eigenvalue weighted by atomic mass is 16.5. The predicted octanol–water partition coefficient (Wildman–Crippen LogP) is 5.19. The molecule has 0 radical (unpaired) electrons. The molecule has 0 amide bonds. The van der Waals surface area contributed by atoms with Gasteiger partial charge in [0.15, 0.2) is 0 Å². The lowest BCUT2D eigenvalue weighted by Gasteiger charge is -2.48. The predicted molar refractivity (Wildman–Crippen MR) is 133 cm³/mol. The van der Waals surface area contributed by atoms with E-state index in [-0.39, 0.29) is 12.0 Å². The molecule has 2 aromatic carbocycles. The van der Waals surface area contributed by atoms with Gasteiger partial charge in [-0.2, -0.15) is 4.57 Å². The van der Waals surface area contributed by atoms with Crippen molar-refractivity contribution in [1.29, 1.82) is 0 Å². The van der Waals surface area contributed by atoms with Gasteiger partial charge in [0.05, 0.1) is 23.6 Å². The fourth-order valence-electron chi connectivity index (χ4n) is 5.92. The average Bonchev–Trinajstić information content (AvgIpc) is 2.79. The molecule has 0 aliphatic carbocycles. The fourth-order valence-corrected chi connectivity index (χ4v) is 5.92. The molecule has 0 bridgehead atoms. The lowest BCUT2D eigenvalue weighted by molar-refractivity contribution is -0.634. The molecule has 3 aromatic rings. The van der Waals surface area contributed by atoms with Gasteiger partial charge in [0.2, 0.25) is 11.2 Å². The van der Waals surface area contributed by atoms with Crippen LogP contribution in [0.2, 0.25) is 0 Å². The van der Waals surface area contributed by atoms with Crippen molar-refractivity contribution in [3.8, 4) is 22.8 Å². The summed E-state index contributed by atoms with van der Waals surface area (Å²) in [7, 11) is 3.81. The summed E-state index contributed by atoms with van der Waals surface area (Å²) in [4.78, 5) is 13.5. The second-order valence-electron chi connectivity index (χ2n) is 10.3. The number of carboxylic acid groups (broad SMARTS) is 1. The summed E-state index contributed by atoms with van der Waals surface area (Å²) in [5, 5.41) is 10.3. The van der Waals surface area contributed by atoms with Crippen molar-refractivity contribution in [2.45, 2.75) is 58.1 Å². The van der Waals surface area contributed by atoms with E-state index in [1.54, 1.807) is 7.11 Å². The molecule has 178 valence electrons. The molecular weight excluding hydrogens is 428 g/mol. The zero-order valence-electron chi connectivity index (χ0n) is 20.6. The Bertz CT molecular complexity index is 1300. The van der Waals surface area contributed by atoms with Crippen LogP contribution in [0.3, 0.4) is 0 Å². The fraction of sp³-hybridized carbons (Fsp3) is 0.429. The zero-order chi connectivity index (χ0) is 24.2. The summed E-state index contributed by atoms with van der Waals surface area (Å²) in [5.74, 6) is 1.39. The van der Waals surface area contributed by atoms with Crippen molar-refractivity contribution >= 4 is 22.6 Å². The first-order valence-corrected chi connectivity index (χ1v) is 12.0. The average molecular weight is 462 g/mol.